The summed E-state index contributed by atoms with van der Waals surface area (Å²) in [5.41, 5.74) is 4.38. The number of carbonyl (C=O) groups is 1. The molecular weight excluding hydrogens is 399 g/mol. The maximum Gasteiger partial charge on any atom is 0.265 e. The van der Waals surface area contributed by atoms with Crippen LogP contribution in [0.3, 0.4) is 0 Å². The topological polar surface area (TPSA) is 42.4 Å². The Morgan fingerprint density at radius 2 is 1.80 bits per heavy atom. The first-order valence-corrected chi connectivity index (χ1v) is 10.4. The van der Waals surface area contributed by atoms with Crippen molar-refractivity contribution in [2.75, 3.05) is 11.5 Å². The number of amides is 1. The largest absolute Gasteiger partial charge is 0.482 e. The van der Waals surface area contributed by atoms with Crippen molar-refractivity contribution in [3.05, 3.63) is 89.6 Å². The third-order valence-electron chi connectivity index (χ3n) is 4.98. The number of hydrogen-bond acceptors (Lipinski definition) is 4. The Morgan fingerprint density at radius 3 is 2.60 bits per heavy atom. The molecule has 1 amide bonds. The molecule has 0 aliphatic carbocycles. The lowest BCUT2D eigenvalue weighted by Crippen LogP contribution is -2.38. The standard InChI is InChI=1S/C24H17FN2O2S/c25-19-9-6-16(7-10-19)13-27-21-12-18(8-11-22(21)29-14-23(27)28)20-15-30-24(26-20)17-4-2-1-3-5-17/h1-12,15H,13-14H2. The van der Waals surface area contributed by atoms with Crippen LogP contribution in [0, 0.1) is 5.82 Å². The van der Waals surface area contributed by atoms with Crippen LogP contribution in [0.15, 0.2) is 78.2 Å². The predicted octanol–water partition coefficient (Wildman–Crippen LogP) is 5.54. The number of carbonyl (C=O) groups excluding carboxylic acids is 1. The van der Waals surface area contributed by atoms with Gasteiger partial charge in [-0.25, -0.2) is 9.37 Å². The molecule has 30 heavy (non-hydrogen) atoms. The van der Waals surface area contributed by atoms with Crippen LogP contribution in [0.2, 0.25) is 0 Å². The van der Waals surface area contributed by atoms with E-state index in [9.17, 15) is 9.18 Å². The van der Waals surface area contributed by atoms with Crippen molar-refractivity contribution in [1.82, 2.24) is 4.98 Å². The average Bonchev–Trinajstić information content (AvgIpc) is 3.28. The lowest BCUT2D eigenvalue weighted by Gasteiger charge is -2.30. The summed E-state index contributed by atoms with van der Waals surface area (Å²) in [7, 11) is 0. The van der Waals surface area contributed by atoms with Gasteiger partial charge in [0.2, 0.25) is 0 Å². The van der Waals surface area contributed by atoms with Crippen LogP contribution in [0.5, 0.6) is 5.75 Å². The number of benzene rings is 3. The SMILES string of the molecule is O=C1COc2ccc(-c3csc(-c4ccccc4)n3)cc2N1Cc1ccc(F)cc1. The first-order valence-electron chi connectivity index (χ1n) is 9.50. The molecule has 0 unspecified atom stereocenters. The Bertz CT molecular complexity index is 1210. The Morgan fingerprint density at radius 1 is 1.00 bits per heavy atom. The quantitative estimate of drug-likeness (QED) is 0.439. The van der Waals surface area contributed by atoms with E-state index in [0.29, 0.717) is 18.0 Å². The highest BCUT2D eigenvalue weighted by Crippen LogP contribution is 2.38. The number of ether oxygens (including phenoxy) is 1. The molecule has 0 atom stereocenters. The van der Waals surface area contributed by atoms with Crippen molar-refractivity contribution in [2.24, 2.45) is 0 Å². The van der Waals surface area contributed by atoms with Gasteiger partial charge in [0.1, 0.15) is 16.6 Å². The highest BCUT2D eigenvalue weighted by molar-refractivity contribution is 7.13. The summed E-state index contributed by atoms with van der Waals surface area (Å²) in [6.45, 7) is 0.341. The maximum absolute atomic E-state index is 13.2. The number of halogens is 1. The zero-order valence-corrected chi connectivity index (χ0v) is 16.7. The van der Waals surface area contributed by atoms with Crippen LogP contribution < -0.4 is 9.64 Å². The number of hydrogen-bond donors (Lipinski definition) is 0. The third-order valence-corrected chi connectivity index (χ3v) is 5.87. The molecule has 148 valence electrons. The first kappa shape index (κ1) is 18.5. The highest BCUT2D eigenvalue weighted by Gasteiger charge is 2.26. The molecule has 0 saturated carbocycles. The van der Waals surface area contributed by atoms with Gasteiger partial charge in [0, 0.05) is 16.5 Å². The Kier molecular flexibility index (Phi) is 4.77. The van der Waals surface area contributed by atoms with E-state index in [2.05, 4.69) is 0 Å². The van der Waals surface area contributed by atoms with E-state index < -0.39 is 0 Å². The van der Waals surface area contributed by atoms with Crippen molar-refractivity contribution < 1.29 is 13.9 Å². The minimum atomic E-state index is -0.299. The zero-order chi connectivity index (χ0) is 20.5. The van der Waals surface area contributed by atoms with Crippen LogP contribution in [-0.4, -0.2) is 17.5 Å². The lowest BCUT2D eigenvalue weighted by molar-refractivity contribution is -0.121. The van der Waals surface area contributed by atoms with E-state index in [0.717, 1.165) is 27.4 Å². The van der Waals surface area contributed by atoms with E-state index in [-0.39, 0.29) is 18.3 Å². The van der Waals surface area contributed by atoms with Gasteiger partial charge in [-0.1, -0.05) is 42.5 Å². The molecule has 0 fully saturated rings. The molecule has 1 aliphatic rings. The molecule has 6 heteroatoms. The number of nitrogens with zero attached hydrogens (tertiary/aromatic N) is 2. The number of anilines is 1. The van der Waals surface area contributed by atoms with Crippen LogP contribution in [-0.2, 0) is 11.3 Å². The Labute approximate surface area is 177 Å². The Balaban J connectivity index is 1.49. The minimum absolute atomic E-state index is 0.0115. The van der Waals surface area contributed by atoms with E-state index in [4.69, 9.17) is 9.72 Å². The second-order valence-electron chi connectivity index (χ2n) is 6.98. The van der Waals surface area contributed by atoms with Gasteiger partial charge in [-0.2, -0.15) is 0 Å². The fourth-order valence-corrected chi connectivity index (χ4v) is 4.26. The number of fused-ring (bicyclic) bond motifs is 1. The molecule has 2 heterocycles. The lowest BCUT2D eigenvalue weighted by atomic mass is 10.1. The molecule has 4 nitrogen and oxygen atoms in total. The minimum Gasteiger partial charge on any atom is -0.482 e. The number of thiazole rings is 1. The normalized spacial score (nSPS) is 13.1. The van der Waals surface area contributed by atoms with E-state index in [1.165, 1.54) is 12.1 Å². The van der Waals surface area contributed by atoms with Gasteiger partial charge in [-0.05, 0) is 35.9 Å². The van der Waals surface area contributed by atoms with Crippen molar-refractivity contribution in [2.45, 2.75) is 6.54 Å². The van der Waals surface area contributed by atoms with Gasteiger partial charge in [-0.15, -0.1) is 11.3 Å². The summed E-state index contributed by atoms with van der Waals surface area (Å²) < 4.78 is 18.9. The maximum atomic E-state index is 13.2. The van der Waals surface area contributed by atoms with Crippen molar-refractivity contribution in [1.29, 1.82) is 0 Å². The molecule has 0 N–H and O–H groups in total. The zero-order valence-electron chi connectivity index (χ0n) is 15.9. The molecule has 1 aromatic heterocycles. The molecular formula is C24H17FN2O2S. The number of aromatic nitrogens is 1. The van der Waals surface area contributed by atoms with Gasteiger partial charge in [0.25, 0.3) is 5.91 Å². The highest BCUT2D eigenvalue weighted by atomic mass is 32.1. The fraction of sp³-hybridized carbons (Fsp3) is 0.0833. The van der Waals surface area contributed by atoms with Gasteiger partial charge in [0.05, 0.1) is 17.9 Å². The van der Waals surface area contributed by atoms with Crippen LogP contribution in [0.1, 0.15) is 5.56 Å². The van der Waals surface area contributed by atoms with Crippen molar-refractivity contribution >= 4 is 22.9 Å². The summed E-state index contributed by atoms with van der Waals surface area (Å²) in [4.78, 5) is 19.0. The van der Waals surface area contributed by atoms with E-state index in [1.807, 2.05) is 53.9 Å². The summed E-state index contributed by atoms with van der Waals surface area (Å²) in [6.07, 6.45) is 0. The molecule has 1 aliphatic heterocycles. The number of rotatable bonds is 4. The molecule has 4 aromatic rings. The average molecular weight is 416 g/mol. The van der Waals surface area contributed by atoms with Gasteiger partial charge in [0.15, 0.2) is 6.61 Å². The monoisotopic (exact) mass is 416 g/mol. The molecule has 0 bridgehead atoms. The molecule has 0 saturated heterocycles. The van der Waals surface area contributed by atoms with Crippen molar-refractivity contribution in [3.63, 3.8) is 0 Å². The Hall–Kier alpha value is -3.51. The summed E-state index contributed by atoms with van der Waals surface area (Å²) >= 11 is 1.58. The molecule has 0 spiro atoms. The van der Waals surface area contributed by atoms with Gasteiger partial charge >= 0.3 is 0 Å². The predicted molar refractivity (Wildman–Crippen MR) is 116 cm³/mol. The van der Waals surface area contributed by atoms with Gasteiger partial charge in [-0.3, -0.25) is 4.79 Å². The third kappa shape index (κ3) is 3.57. The van der Waals surface area contributed by atoms with Gasteiger partial charge < -0.3 is 9.64 Å². The fourth-order valence-electron chi connectivity index (χ4n) is 3.43. The summed E-state index contributed by atoms with van der Waals surface area (Å²) in [6, 6.07) is 22.0. The molecule has 0 radical (unpaired) electrons. The smallest absolute Gasteiger partial charge is 0.265 e. The summed E-state index contributed by atoms with van der Waals surface area (Å²) in [5, 5.41) is 2.96. The second kappa shape index (κ2) is 7.72. The summed E-state index contributed by atoms with van der Waals surface area (Å²) in [5.74, 6) is 0.221. The molecule has 3 aromatic carbocycles. The first-order chi connectivity index (χ1) is 14.7. The van der Waals surface area contributed by atoms with E-state index >= 15 is 0 Å². The van der Waals surface area contributed by atoms with Crippen molar-refractivity contribution in [3.8, 4) is 27.6 Å². The van der Waals surface area contributed by atoms with E-state index in [1.54, 1.807) is 28.4 Å². The second-order valence-corrected chi connectivity index (χ2v) is 7.84. The molecule has 5 rings (SSSR count). The van der Waals surface area contributed by atoms with Crippen LogP contribution in [0.4, 0.5) is 10.1 Å². The van der Waals surface area contributed by atoms with Crippen LogP contribution in [0.25, 0.3) is 21.8 Å². The van der Waals surface area contributed by atoms with Crippen LogP contribution >= 0.6 is 11.3 Å².